The number of hydrogen-bond donors (Lipinski definition) is 0. The minimum atomic E-state index is 0.544. The standard InChI is InChI=1S/C13H22BrN.2C2H6/c1-6-8-15(11(3)4)10-13(7-2)9-12(5)14;2*1-2/h6-7,9,11H,1,8,10H2,2-5H3;2*1-2H3/b12-9+,13-7+;;. The quantitative estimate of drug-likeness (QED) is 0.415. The fraction of sp³-hybridized carbons (Fsp3) is 0.647. The highest BCUT2D eigenvalue weighted by atomic mass is 79.9. The molecular formula is C17H34BrN. The largest absolute Gasteiger partial charge is 0.293 e. The lowest BCUT2D eigenvalue weighted by atomic mass is 10.2. The van der Waals surface area contributed by atoms with Crippen LogP contribution in [0.2, 0.25) is 0 Å². The van der Waals surface area contributed by atoms with Gasteiger partial charge in [0.2, 0.25) is 0 Å². The van der Waals surface area contributed by atoms with E-state index in [1.807, 2.05) is 33.8 Å². The third-order valence-electron chi connectivity index (χ3n) is 2.23. The minimum Gasteiger partial charge on any atom is -0.293 e. The molecule has 0 fully saturated rings. The summed E-state index contributed by atoms with van der Waals surface area (Å²) < 4.78 is 1.16. The Balaban J connectivity index is -0.000000579. The Morgan fingerprint density at radius 1 is 1.21 bits per heavy atom. The number of halogens is 1. The van der Waals surface area contributed by atoms with Crippen LogP contribution in [-0.4, -0.2) is 24.0 Å². The third kappa shape index (κ3) is 15.6. The predicted octanol–water partition coefficient (Wildman–Crippen LogP) is 6.18. The number of hydrogen-bond acceptors (Lipinski definition) is 1. The van der Waals surface area contributed by atoms with Crippen molar-refractivity contribution in [3.63, 3.8) is 0 Å². The van der Waals surface area contributed by atoms with Crippen LogP contribution in [0, 0.1) is 0 Å². The van der Waals surface area contributed by atoms with Crippen molar-refractivity contribution in [1.29, 1.82) is 0 Å². The zero-order valence-electron chi connectivity index (χ0n) is 14.3. The van der Waals surface area contributed by atoms with Gasteiger partial charge in [-0.1, -0.05) is 55.8 Å². The van der Waals surface area contributed by atoms with Crippen molar-refractivity contribution in [3.8, 4) is 0 Å². The Bertz CT molecular complexity index is 248. The van der Waals surface area contributed by atoms with Crippen molar-refractivity contribution in [1.82, 2.24) is 4.90 Å². The lowest BCUT2D eigenvalue weighted by molar-refractivity contribution is 0.269. The van der Waals surface area contributed by atoms with Gasteiger partial charge in [0.25, 0.3) is 0 Å². The Kier molecular flexibility index (Phi) is 22.1. The van der Waals surface area contributed by atoms with Crippen LogP contribution in [-0.2, 0) is 0 Å². The zero-order chi connectivity index (χ0) is 15.8. The summed E-state index contributed by atoms with van der Waals surface area (Å²) >= 11 is 3.46. The van der Waals surface area contributed by atoms with Gasteiger partial charge < -0.3 is 0 Å². The Labute approximate surface area is 130 Å². The topological polar surface area (TPSA) is 3.24 Å². The molecule has 0 heterocycles. The third-order valence-corrected chi connectivity index (χ3v) is 2.46. The fourth-order valence-electron chi connectivity index (χ4n) is 1.33. The van der Waals surface area contributed by atoms with Crippen LogP contribution in [0.25, 0.3) is 0 Å². The molecule has 114 valence electrons. The summed E-state index contributed by atoms with van der Waals surface area (Å²) in [6.07, 6.45) is 6.28. The zero-order valence-corrected chi connectivity index (χ0v) is 15.8. The molecule has 19 heavy (non-hydrogen) atoms. The second-order valence-corrected chi connectivity index (χ2v) is 5.16. The summed E-state index contributed by atoms with van der Waals surface area (Å²) in [6.45, 7) is 22.3. The van der Waals surface area contributed by atoms with E-state index in [4.69, 9.17) is 0 Å². The molecule has 0 saturated carbocycles. The predicted molar refractivity (Wildman–Crippen MR) is 96.0 cm³/mol. The van der Waals surface area contributed by atoms with Gasteiger partial charge in [0.15, 0.2) is 0 Å². The summed E-state index contributed by atoms with van der Waals surface area (Å²) in [5.41, 5.74) is 1.33. The van der Waals surface area contributed by atoms with E-state index in [0.29, 0.717) is 6.04 Å². The Morgan fingerprint density at radius 3 is 1.95 bits per heavy atom. The highest BCUT2D eigenvalue weighted by Gasteiger charge is 2.08. The van der Waals surface area contributed by atoms with Crippen LogP contribution in [0.5, 0.6) is 0 Å². The Hall–Kier alpha value is -0.340. The fourth-order valence-corrected chi connectivity index (χ4v) is 1.63. The van der Waals surface area contributed by atoms with E-state index in [1.165, 1.54) is 5.57 Å². The van der Waals surface area contributed by atoms with Gasteiger partial charge >= 0.3 is 0 Å². The molecule has 0 saturated heterocycles. The second kappa shape index (κ2) is 17.7. The monoisotopic (exact) mass is 331 g/mol. The van der Waals surface area contributed by atoms with Gasteiger partial charge in [0.1, 0.15) is 0 Å². The number of rotatable bonds is 6. The van der Waals surface area contributed by atoms with E-state index in [0.717, 1.165) is 17.6 Å². The molecule has 0 bridgehead atoms. The molecule has 0 aromatic rings. The van der Waals surface area contributed by atoms with Gasteiger partial charge in [-0.25, -0.2) is 0 Å². The molecule has 0 atom stereocenters. The minimum absolute atomic E-state index is 0.544. The van der Waals surface area contributed by atoms with Gasteiger partial charge in [-0.2, -0.15) is 0 Å². The van der Waals surface area contributed by atoms with Gasteiger partial charge in [0, 0.05) is 19.1 Å². The van der Waals surface area contributed by atoms with E-state index in [1.54, 1.807) is 0 Å². The molecule has 0 aliphatic heterocycles. The summed E-state index contributed by atoms with van der Waals surface area (Å²) in [7, 11) is 0. The van der Waals surface area contributed by atoms with Crippen LogP contribution in [0.3, 0.4) is 0 Å². The van der Waals surface area contributed by atoms with Crippen LogP contribution in [0.15, 0.2) is 34.9 Å². The van der Waals surface area contributed by atoms with Crippen molar-refractivity contribution in [2.24, 2.45) is 0 Å². The van der Waals surface area contributed by atoms with Crippen molar-refractivity contribution < 1.29 is 0 Å². The summed E-state index contributed by atoms with van der Waals surface area (Å²) in [5, 5.41) is 0. The van der Waals surface area contributed by atoms with Crippen LogP contribution in [0.1, 0.15) is 55.4 Å². The molecule has 0 rings (SSSR count). The van der Waals surface area contributed by atoms with E-state index in [-0.39, 0.29) is 0 Å². The average molecular weight is 332 g/mol. The van der Waals surface area contributed by atoms with Crippen molar-refractivity contribution >= 4 is 15.9 Å². The molecule has 0 N–H and O–H groups in total. The number of allylic oxidation sites excluding steroid dienone is 2. The molecule has 0 aromatic carbocycles. The van der Waals surface area contributed by atoms with Crippen molar-refractivity contribution in [2.75, 3.05) is 13.1 Å². The van der Waals surface area contributed by atoms with E-state index < -0.39 is 0 Å². The maximum atomic E-state index is 3.79. The van der Waals surface area contributed by atoms with Gasteiger partial charge in [0.05, 0.1) is 0 Å². The summed E-state index contributed by atoms with van der Waals surface area (Å²) in [6, 6.07) is 0.544. The molecule has 0 aliphatic carbocycles. The van der Waals surface area contributed by atoms with E-state index in [9.17, 15) is 0 Å². The highest BCUT2D eigenvalue weighted by molar-refractivity contribution is 9.11. The normalized spacial score (nSPS) is 11.5. The molecular weight excluding hydrogens is 298 g/mol. The highest BCUT2D eigenvalue weighted by Crippen LogP contribution is 2.11. The first-order valence-electron chi connectivity index (χ1n) is 7.35. The van der Waals surface area contributed by atoms with Gasteiger partial charge in [-0.3, -0.25) is 4.90 Å². The SMILES string of the molecule is C=CCN(CC(/C=C(\C)Br)=C/C)C(C)C.CC.CC. The molecule has 0 spiro atoms. The summed E-state index contributed by atoms with van der Waals surface area (Å²) in [4.78, 5) is 2.38. The van der Waals surface area contributed by atoms with Gasteiger partial charge in [-0.05, 0) is 43.8 Å². The molecule has 0 unspecified atom stereocenters. The number of nitrogens with zero attached hydrogens (tertiary/aromatic N) is 1. The Morgan fingerprint density at radius 2 is 1.68 bits per heavy atom. The first kappa shape index (κ1) is 23.7. The average Bonchev–Trinajstić information content (AvgIpc) is 2.41. The maximum absolute atomic E-state index is 3.79. The molecule has 1 nitrogen and oxygen atoms in total. The van der Waals surface area contributed by atoms with Gasteiger partial charge in [-0.15, -0.1) is 6.58 Å². The first-order valence-corrected chi connectivity index (χ1v) is 8.14. The van der Waals surface area contributed by atoms with Crippen molar-refractivity contribution in [2.45, 2.75) is 61.4 Å². The molecule has 2 heteroatoms. The molecule has 0 radical (unpaired) electrons. The molecule has 0 aliphatic rings. The van der Waals surface area contributed by atoms with E-state index in [2.05, 4.69) is 67.3 Å². The summed E-state index contributed by atoms with van der Waals surface area (Å²) in [5.74, 6) is 0. The lowest BCUT2D eigenvalue weighted by Gasteiger charge is -2.25. The lowest BCUT2D eigenvalue weighted by Crippen LogP contribution is -2.32. The smallest absolute Gasteiger partial charge is 0.0236 e. The molecule has 0 aromatic heterocycles. The van der Waals surface area contributed by atoms with Crippen LogP contribution in [0.4, 0.5) is 0 Å². The molecule has 0 amide bonds. The van der Waals surface area contributed by atoms with E-state index >= 15 is 0 Å². The second-order valence-electron chi connectivity index (χ2n) is 3.91. The van der Waals surface area contributed by atoms with Crippen molar-refractivity contribution in [3.05, 3.63) is 34.9 Å². The van der Waals surface area contributed by atoms with Crippen LogP contribution < -0.4 is 0 Å². The first-order chi connectivity index (χ1) is 9.01. The maximum Gasteiger partial charge on any atom is 0.0236 e. The van der Waals surface area contributed by atoms with Crippen LogP contribution >= 0.6 is 15.9 Å².